The largest absolute Gasteiger partial charge is 0.376 e. The Morgan fingerprint density at radius 1 is 1.24 bits per heavy atom. The zero-order chi connectivity index (χ0) is 15.7. The van der Waals surface area contributed by atoms with Gasteiger partial charge in [0.1, 0.15) is 11.6 Å². The summed E-state index contributed by atoms with van der Waals surface area (Å²) < 4.78 is 0. The van der Waals surface area contributed by atoms with Crippen molar-refractivity contribution in [2.24, 2.45) is 0 Å². The average molecular weight is 285 g/mol. The molecule has 0 bridgehead atoms. The fraction of sp³-hybridized carbons (Fsp3) is 0.412. The fourth-order valence-electron chi connectivity index (χ4n) is 1.97. The summed E-state index contributed by atoms with van der Waals surface area (Å²) in [5, 5.41) is 12.0. The molecule has 0 spiro atoms. The van der Waals surface area contributed by atoms with E-state index in [0.717, 1.165) is 31.5 Å². The summed E-state index contributed by atoms with van der Waals surface area (Å²) in [7, 11) is 0. The molecule has 0 atom stereocenters. The standard InChI is InChI=1S/C17H23N3O/c1-4-10-20(11-5-2)13-15(12-18)17(21)19-16-8-6-14(3)7-9-16/h6-9,13H,4-5,10-11H2,1-3H3,(H,19,21)/b15-13-. The van der Waals surface area contributed by atoms with Crippen LogP contribution >= 0.6 is 0 Å². The van der Waals surface area contributed by atoms with Crippen molar-refractivity contribution in [3.05, 3.63) is 41.6 Å². The maximum atomic E-state index is 12.1. The van der Waals surface area contributed by atoms with Crippen molar-refractivity contribution in [2.75, 3.05) is 18.4 Å². The zero-order valence-electron chi connectivity index (χ0n) is 13.0. The minimum atomic E-state index is -0.362. The maximum Gasteiger partial charge on any atom is 0.267 e. The summed E-state index contributed by atoms with van der Waals surface area (Å²) in [4.78, 5) is 14.2. The van der Waals surface area contributed by atoms with E-state index in [0.29, 0.717) is 5.69 Å². The molecule has 4 nitrogen and oxygen atoms in total. The van der Waals surface area contributed by atoms with Crippen LogP contribution in [-0.2, 0) is 4.79 Å². The van der Waals surface area contributed by atoms with E-state index >= 15 is 0 Å². The van der Waals surface area contributed by atoms with E-state index < -0.39 is 0 Å². The van der Waals surface area contributed by atoms with Crippen molar-refractivity contribution < 1.29 is 4.79 Å². The van der Waals surface area contributed by atoms with E-state index in [1.165, 1.54) is 0 Å². The van der Waals surface area contributed by atoms with Gasteiger partial charge < -0.3 is 10.2 Å². The number of nitriles is 1. The average Bonchev–Trinajstić information content (AvgIpc) is 2.47. The van der Waals surface area contributed by atoms with Crippen LogP contribution in [0.1, 0.15) is 32.3 Å². The Balaban J connectivity index is 2.80. The van der Waals surface area contributed by atoms with Crippen LogP contribution in [0.2, 0.25) is 0 Å². The summed E-state index contributed by atoms with van der Waals surface area (Å²) in [5.74, 6) is -0.362. The third-order valence-electron chi connectivity index (χ3n) is 3.01. The summed E-state index contributed by atoms with van der Waals surface area (Å²) in [6.07, 6.45) is 3.63. The lowest BCUT2D eigenvalue weighted by Crippen LogP contribution is -2.22. The molecule has 1 N–H and O–H groups in total. The van der Waals surface area contributed by atoms with E-state index in [1.54, 1.807) is 6.20 Å². The molecule has 0 unspecified atom stereocenters. The summed E-state index contributed by atoms with van der Waals surface area (Å²) >= 11 is 0. The molecule has 1 amide bonds. The lowest BCUT2D eigenvalue weighted by atomic mass is 10.2. The number of rotatable bonds is 7. The van der Waals surface area contributed by atoms with Crippen LogP contribution in [0.4, 0.5) is 5.69 Å². The molecule has 0 aromatic heterocycles. The van der Waals surface area contributed by atoms with Gasteiger partial charge in [-0.05, 0) is 31.9 Å². The predicted octanol–water partition coefficient (Wildman–Crippen LogP) is 3.46. The molecule has 1 aromatic rings. The molecule has 0 aliphatic heterocycles. The Hall–Kier alpha value is -2.28. The molecular weight excluding hydrogens is 262 g/mol. The van der Waals surface area contributed by atoms with E-state index in [2.05, 4.69) is 19.2 Å². The smallest absolute Gasteiger partial charge is 0.267 e. The van der Waals surface area contributed by atoms with Crippen LogP contribution in [0, 0.1) is 18.3 Å². The first kappa shape index (κ1) is 16.8. The normalized spacial score (nSPS) is 10.9. The van der Waals surface area contributed by atoms with Gasteiger partial charge in [-0.3, -0.25) is 4.79 Å². The Labute approximate surface area is 127 Å². The van der Waals surface area contributed by atoms with Crippen LogP contribution in [0.25, 0.3) is 0 Å². The van der Waals surface area contributed by atoms with Gasteiger partial charge in [0.25, 0.3) is 5.91 Å². The van der Waals surface area contributed by atoms with Gasteiger partial charge in [-0.25, -0.2) is 0 Å². The molecule has 0 saturated carbocycles. The number of benzene rings is 1. The van der Waals surface area contributed by atoms with Crippen LogP contribution < -0.4 is 5.32 Å². The SMILES string of the molecule is CCCN(/C=C(/C#N)C(=O)Nc1ccc(C)cc1)CCC. The molecule has 0 aliphatic carbocycles. The monoisotopic (exact) mass is 285 g/mol. The quantitative estimate of drug-likeness (QED) is 0.616. The number of carbonyl (C=O) groups is 1. The lowest BCUT2D eigenvalue weighted by Gasteiger charge is -2.19. The number of nitrogens with one attached hydrogen (secondary N) is 1. The van der Waals surface area contributed by atoms with Gasteiger partial charge >= 0.3 is 0 Å². The third kappa shape index (κ3) is 5.70. The van der Waals surface area contributed by atoms with Crippen molar-refractivity contribution in [2.45, 2.75) is 33.6 Å². The van der Waals surface area contributed by atoms with Gasteiger partial charge in [-0.15, -0.1) is 0 Å². The lowest BCUT2D eigenvalue weighted by molar-refractivity contribution is -0.112. The summed E-state index contributed by atoms with van der Waals surface area (Å²) in [6, 6.07) is 9.50. The first-order valence-corrected chi connectivity index (χ1v) is 7.34. The molecule has 0 heterocycles. The van der Waals surface area contributed by atoms with Crippen molar-refractivity contribution in [3.63, 3.8) is 0 Å². The zero-order valence-corrected chi connectivity index (χ0v) is 13.0. The van der Waals surface area contributed by atoms with Crippen LogP contribution in [0.15, 0.2) is 36.0 Å². The first-order valence-electron chi connectivity index (χ1n) is 7.34. The highest BCUT2D eigenvalue weighted by molar-refractivity contribution is 6.06. The topological polar surface area (TPSA) is 56.1 Å². The van der Waals surface area contributed by atoms with Crippen molar-refractivity contribution in [1.29, 1.82) is 5.26 Å². The molecular formula is C17H23N3O. The summed E-state index contributed by atoms with van der Waals surface area (Å²) in [5.41, 5.74) is 1.96. The minimum absolute atomic E-state index is 0.137. The van der Waals surface area contributed by atoms with Gasteiger partial charge in [-0.2, -0.15) is 5.26 Å². The Kier molecular flexibility index (Phi) is 7.03. The number of nitrogens with zero attached hydrogens (tertiary/aromatic N) is 2. The molecule has 0 radical (unpaired) electrons. The number of hydrogen-bond acceptors (Lipinski definition) is 3. The Morgan fingerprint density at radius 2 is 1.81 bits per heavy atom. The number of hydrogen-bond donors (Lipinski definition) is 1. The van der Waals surface area contributed by atoms with Gasteiger partial charge in [-0.1, -0.05) is 31.5 Å². The third-order valence-corrected chi connectivity index (χ3v) is 3.01. The van der Waals surface area contributed by atoms with Crippen LogP contribution in [0.3, 0.4) is 0 Å². The first-order chi connectivity index (χ1) is 10.1. The molecule has 1 aromatic carbocycles. The molecule has 21 heavy (non-hydrogen) atoms. The van der Waals surface area contributed by atoms with E-state index in [1.807, 2.05) is 42.2 Å². The second-order valence-electron chi connectivity index (χ2n) is 5.01. The van der Waals surface area contributed by atoms with Gasteiger partial charge in [0.15, 0.2) is 0 Å². The van der Waals surface area contributed by atoms with E-state index in [9.17, 15) is 10.1 Å². The van der Waals surface area contributed by atoms with E-state index in [-0.39, 0.29) is 11.5 Å². The van der Waals surface area contributed by atoms with Crippen molar-refractivity contribution in [1.82, 2.24) is 4.90 Å². The number of carbonyl (C=O) groups excluding carboxylic acids is 1. The highest BCUT2D eigenvalue weighted by Gasteiger charge is 2.11. The van der Waals surface area contributed by atoms with E-state index in [4.69, 9.17) is 0 Å². The fourth-order valence-corrected chi connectivity index (χ4v) is 1.97. The number of amides is 1. The number of anilines is 1. The maximum absolute atomic E-state index is 12.1. The van der Waals surface area contributed by atoms with Crippen molar-refractivity contribution >= 4 is 11.6 Å². The molecule has 0 fully saturated rings. The predicted molar refractivity (Wildman–Crippen MR) is 85.7 cm³/mol. The molecule has 4 heteroatoms. The highest BCUT2D eigenvalue weighted by atomic mass is 16.1. The minimum Gasteiger partial charge on any atom is -0.376 e. The molecule has 0 aliphatic rings. The summed E-state index contributed by atoms with van der Waals surface area (Å²) in [6.45, 7) is 7.83. The van der Waals surface area contributed by atoms with Crippen LogP contribution in [0.5, 0.6) is 0 Å². The van der Waals surface area contributed by atoms with Crippen LogP contribution in [-0.4, -0.2) is 23.9 Å². The number of aryl methyl sites for hydroxylation is 1. The molecule has 1 rings (SSSR count). The van der Waals surface area contributed by atoms with Gasteiger partial charge in [0.2, 0.25) is 0 Å². The second kappa shape index (κ2) is 8.80. The Morgan fingerprint density at radius 3 is 2.29 bits per heavy atom. The highest BCUT2D eigenvalue weighted by Crippen LogP contribution is 2.10. The molecule has 112 valence electrons. The van der Waals surface area contributed by atoms with Gasteiger partial charge in [0, 0.05) is 25.0 Å². The van der Waals surface area contributed by atoms with Crippen molar-refractivity contribution in [3.8, 4) is 6.07 Å². The van der Waals surface area contributed by atoms with Gasteiger partial charge in [0.05, 0.1) is 0 Å². The molecule has 0 saturated heterocycles. The Bertz CT molecular complexity index is 520. The second-order valence-corrected chi connectivity index (χ2v) is 5.01.